The number of H-pyrrole nitrogens is 1. The van der Waals surface area contributed by atoms with Crippen LogP contribution in [-0.2, 0) is 11.3 Å². The van der Waals surface area contributed by atoms with Gasteiger partial charge in [-0.05, 0) is 52.7 Å². The minimum Gasteiger partial charge on any atom is -0.461 e. The van der Waals surface area contributed by atoms with Crippen molar-refractivity contribution >= 4 is 12.1 Å². The fraction of sp³-hybridized carbons (Fsp3) is 0.619. The Morgan fingerprint density at radius 2 is 1.97 bits per heavy atom. The standard InChI is InChI=1S/C21H35N7O3/c1-7-21(8-2,26-19(29)31-20(4,5)6)14-24-18(22-9-3)23-13-16-25-17(28-27-16)15-11-10-12-30-15/h10-12H,7-9,13-14H2,1-6H3,(H,26,29)(H2,22,23,24)(H,25,27,28). The summed E-state index contributed by atoms with van der Waals surface area (Å²) in [7, 11) is 0. The Balaban J connectivity index is 2.02. The number of nitrogens with one attached hydrogen (secondary N) is 4. The van der Waals surface area contributed by atoms with Gasteiger partial charge < -0.3 is 25.1 Å². The minimum absolute atomic E-state index is 0.313. The van der Waals surface area contributed by atoms with Gasteiger partial charge in [-0.2, -0.15) is 0 Å². The molecule has 0 saturated heterocycles. The fourth-order valence-electron chi connectivity index (χ4n) is 2.87. The molecule has 0 fully saturated rings. The Hall–Kier alpha value is -3.04. The molecule has 0 spiro atoms. The zero-order chi connectivity index (χ0) is 22.9. The lowest BCUT2D eigenvalue weighted by Gasteiger charge is -2.34. The van der Waals surface area contributed by atoms with E-state index in [1.807, 2.05) is 41.5 Å². The summed E-state index contributed by atoms with van der Waals surface area (Å²) in [6.45, 7) is 13.1. The first-order valence-electron chi connectivity index (χ1n) is 10.7. The lowest BCUT2D eigenvalue weighted by atomic mass is 9.93. The van der Waals surface area contributed by atoms with Crippen LogP contribution in [0.15, 0.2) is 27.8 Å². The normalized spacial score (nSPS) is 12.5. The first-order valence-corrected chi connectivity index (χ1v) is 10.7. The Bertz CT molecular complexity index is 834. The maximum atomic E-state index is 12.3. The number of amides is 1. The Kier molecular flexibility index (Phi) is 8.47. The molecule has 0 radical (unpaired) electrons. The van der Waals surface area contributed by atoms with Gasteiger partial charge in [0.2, 0.25) is 5.82 Å². The van der Waals surface area contributed by atoms with E-state index in [-0.39, 0.29) is 0 Å². The van der Waals surface area contributed by atoms with Crippen LogP contribution in [-0.4, -0.2) is 51.5 Å². The van der Waals surface area contributed by atoms with Crippen LogP contribution >= 0.6 is 0 Å². The lowest BCUT2D eigenvalue weighted by Crippen LogP contribution is -2.57. The number of carbonyl (C=O) groups is 1. The van der Waals surface area contributed by atoms with E-state index in [0.29, 0.717) is 43.0 Å². The van der Waals surface area contributed by atoms with Gasteiger partial charge in [0.15, 0.2) is 11.7 Å². The third-order valence-corrected chi connectivity index (χ3v) is 4.72. The van der Waals surface area contributed by atoms with Gasteiger partial charge in [-0.1, -0.05) is 13.8 Å². The second kappa shape index (κ2) is 10.8. The molecular formula is C21H35N7O3. The molecule has 0 saturated carbocycles. The molecule has 10 nitrogen and oxygen atoms in total. The second-order valence-electron chi connectivity index (χ2n) is 8.25. The van der Waals surface area contributed by atoms with Crippen LogP contribution in [0.25, 0.3) is 11.6 Å². The van der Waals surface area contributed by atoms with Crippen molar-refractivity contribution in [3.63, 3.8) is 0 Å². The zero-order valence-corrected chi connectivity index (χ0v) is 19.3. The van der Waals surface area contributed by atoms with Gasteiger partial charge >= 0.3 is 6.09 Å². The predicted octanol–water partition coefficient (Wildman–Crippen LogP) is 3.20. The Labute approximate surface area is 183 Å². The molecule has 0 aliphatic rings. The van der Waals surface area contributed by atoms with Crippen LogP contribution < -0.4 is 16.0 Å². The highest BCUT2D eigenvalue weighted by molar-refractivity contribution is 5.80. The van der Waals surface area contributed by atoms with Crippen LogP contribution in [0.1, 0.15) is 60.2 Å². The molecule has 2 rings (SSSR count). The quantitative estimate of drug-likeness (QED) is 0.353. The van der Waals surface area contributed by atoms with E-state index in [2.05, 4.69) is 36.1 Å². The number of furan rings is 1. The van der Waals surface area contributed by atoms with Gasteiger partial charge in [-0.3, -0.25) is 5.10 Å². The number of hydrogen-bond acceptors (Lipinski definition) is 6. The molecule has 10 heteroatoms. The van der Waals surface area contributed by atoms with Gasteiger partial charge in [0.05, 0.1) is 11.8 Å². The van der Waals surface area contributed by atoms with Crippen molar-refractivity contribution < 1.29 is 13.9 Å². The Morgan fingerprint density at radius 1 is 1.23 bits per heavy atom. The van der Waals surface area contributed by atoms with Crippen molar-refractivity contribution in [3.05, 3.63) is 24.2 Å². The number of guanidine groups is 1. The van der Waals surface area contributed by atoms with E-state index >= 15 is 0 Å². The Morgan fingerprint density at radius 3 is 2.55 bits per heavy atom. The molecule has 0 aliphatic carbocycles. The zero-order valence-electron chi connectivity index (χ0n) is 19.3. The van der Waals surface area contributed by atoms with Crippen molar-refractivity contribution in [2.75, 3.05) is 13.1 Å². The largest absolute Gasteiger partial charge is 0.461 e. The van der Waals surface area contributed by atoms with Crippen LogP contribution in [0.3, 0.4) is 0 Å². The number of ether oxygens (including phenoxy) is 1. The molecule has 0 aliphatic heterocycles. The third-order valence-electron chi connectivity index (χ3n) is 4.72. The van der Waals surface area contributed by atoms with Crippen LogP contribution in [0.2, 0.25) is 0 Å². The smallest absolute Gasteiger partial charge is 0.408 e. The van der Waals surface area contributed by atoms with E-state index in [1.54, 1.807) is 18.4 Å². The molecular weight excluding hydrogens is 398 g/mol. The van der Waals surface area contributed by atoms with Crippen molar-refractivity contribution in [1.82, 2.24) is 31.1 Å². The minimum atomic E-state index is -0.549. The van der Waals surface area contributed by atoms with E-state index in [0.717, 1.165) is 12.8 Å². The van der Waals surface area contributed by atoms with Crippen molar-refractivity contribution in [3.8, 4) is 11.6 Å². The summed E-state index contributed by atoms with van der Waals surface area (Å²) in [5.41, 5.74) is -1.01. The molecule has 0 atom stereocenters. The van der Waals surface area contributed by atoms with Gasteiger partial charge in [0.25, 0.3) is 0 Å². The predicted molar refractivity (Wildman–Crippen MR) is 120 cm³/mol. The van der Waals surface area contributed by atoms with E-state index in [4.69, 9.17) is 9.15 Å². The molecule has 2 aromatic rings. The summed E-state index contributed by atoms with van der Waals surface area (Å²) in [6, 6.07) is 3.59. The summed E-state index contributed by atoms with van der Waals surface area (Å²) in [5.74, 6) is 2.33. The molecule has 0 unspecified atom stereocenters. The molecule has 0 bridgehead atoms. The molecule has 4 N–H and O–H groups in total. The average Bonchev–Trinajstić information content (AvgIpc) is 3.39. The van der Waals surface area contributed by atoms with Gasteiger partial charge in [-0.15, -0.1) is 5.10 Å². The molecule has 172 valence electrons. The molecule has 31 heavy (non-hydrogen) atoms. The van der Waals surface area contributed by atoms with Crippen molar-refractivity contribution in [1.29, 1.82) is 0 Å². The monoisotopic (exact) mass is 433 g/mol. The topological polar surface area (TPSA) is 129 Å². The third kappa shape index (κ3) is 7.62. The highest BCUT2D eigenvalue weighted by atomic mass is 16.6. The number of rotatable bonds is 9. The summed E-state index contributed by atoms with van der Waals surface area (Å²) in [6.07, 6.45) is 2.63. The summed E-state index contributed by atoms with van der Waals surface area (Å²) in [5, 5.41) is 16.6. The van der Waals surface area contributed by atoms with Crippen LogP contribution in [0.5, 0.6) is 0 Å². The summed E-state index contributed by atoms with van der Waals surface area (Å²) in [4.78, 5) is 21.3. The maximum absolute atomic E-state index is 12.3. The van der Waals surface area contributed by atoms with Crippen molar-refractivity contribution in [2.24, 2.45) is 4.99 Å². The number of aromatic amines is 1. The van der Waals surface area contributed by atoms with Crippen LogP contribution in [0.4, 0.5) is 4.79 Å². The average molecular weight is 434 g/mol. The lowest BCUT2D eigenvalue weighted by molar-refractivity contribution is 0.0448. The summed E-state index contributed by atoms with van der Waals surface area (Å²) < 4.78 is 10.7. The van der Waals surface area contributed by atoms with Gasteiger partial charge in [-0.25, -0.2) is 14.8 Å². The number of aliphatic imine (C=N–C) groups is 1. The maximum Gasteiger partial charge on any atom is 0.408 e. The van der Waals surface area contributed by atoms with Crippen LogP contribution in [0, 0.1) is 0 Å². The van der Waals surface area contributed by atoms with Gasteiger partial charge in [0.1, 0.15) is 18.0 Å². The highest BCUT2D eigenvalue weighted by Gasteiger charge is 2.30. The van der Waals surface area contributed by atoms with Crippen molar-refractivity contribution in [2.45, 2.75) is 72.1 Å². The van der Waals surface area contributed by atoms with E-state index in [1.165, 1.54) is 0 Å². The van der Waals surface area contributed by atoms with Gasteiger partial charge in [0, 0.05) is 13.1 Å². The molecule has 0 aromatic carbocycles. The number of nitrogens with zero attached hydrogens (tertiary/aromatic N) is 3. The fourth-order valence-corrected chi connectivity index (χ4v) is 2.87. The summed E-state index contributed by atoms with van der Waals surface area (Å²) >= 11 is 0. The number of alkyl carbamates (subject to hydrolysis) is 1. The first-order chi connectivity index (χ1) is 14.7. The molecule has 2 aromatic heterocycles. The van der Waals surface area contributed by atoms with E-state index in [9.17, 15) is 4.79 Å². The second-order valence-corrected chi connectivity index (χ2v) is 8.25. The first kappa shape index (κ1) is 24.2. The number of carbonyl (C=O) groups excluding carboxylic acids is 1. The highest BCUT2D eigenvalue weighted by Crippen LogP contribution is 2.17. The number of hydrogen-bond donors (Lipinski definition) is 4. The number of aromatic nitrogens is 3. The molecule has 2 heterocycles. The SMILES string of the molecule is CCNC(=NCc1nc(-c2ccco2)n[nH]1)NCC(CC)(CC)NC(=O)OC(C)(C)C. The van der Waals surface area contributed by atoms with E-state index < -0.39 is 17.2 Å². The molecule has 1 amide bonds.